The van der Waals surface area contributed by atoms with E-state index in [-0.39, 0.29) is 57.2 Å². The molecule has 0 radical (unpaired) electrons. The maximum absolute atomic E-state index is 16.6. The van der Waals surface area contributed by atoms with Gasteiger partial charge in [-0.2, -0.15) is 5.26 Å². The summed E-state index contributed by atoms with van der Waals surface area (Å²) in [6.07, 6.45) is 3.66. The number of nitrogens with zero attached hydrogens (tertiary/aromatic N) is 7. The van der Waals surface area contributed by atoms with Crippen molar-refractivity contribution in [2.24, 2.45) is 0 Å². The number of pyridine rings is 1. The second-order valence-corrected chi connectivity index (χ2v) is 11.7. The molecule has 0 amide bonds. The third-order valence-corrected chi connectivity index (χ3v) is 9.55. The van der Waals surface area contributed by atoms with Crippen LogP contribution in [-0.2, 0) is 18.0 Å². The molecule has 212 valence electrons. The summed E-state index contributed by atoms with van der Waals surface area (Å²) in [5.41, 5.74) is 7.96. The van der Waals surface area contributed by atoms with Crippen LogP contribution in [0.2, 0.25) is 0 Å². The quantitative estimate of drug-likeness (QED) is 0.365. The van der Waals surface area contributed by atoms with Gasteiger partial charge in [0.2, 0.25) is 5.95 Å². The molecule has 3 aliphatic rings. The molecule has 10 nitrogen and oxygen atoms in total. The number of aliphatic hydroxyl groups is 1. The average Bonchev–Trinajstić information content (AvgIpc) is 3.74. The van der Waals surface area contributed by atoms with E-state index in [4.69, 9.17) is 15.5 Å². The van der Waals surface area contributed by atoms with E-state index in [0.717, 1.165) is 68.8 Å². The fraction of sp³-hybridized carbons (Fsp3) is 0.429. The number of β-amino-alcohol motifs (C(OH)–C–C–N with tert-alkyl or cyclic N) is 1. The van der Waals surface area contributed by atoms with Gasteiger partial charge in [0.05, 0.1) is 42.0 Å². The maximum atomic E-state index is 16.6. The molecule has 4 aromatic rings. The number of nitriles is 1. The molecule has 0 saturated carbocycles. The molecule has 13 heteroatoms. The Balaban J connectivity index is 1.27. The fourth-order valence-corrected chi connectivity index (χ4v) is 7.33. The fourth-order valence-electron chi connectivity index (χ4n) is 6.41. The van der Waals surface area contributed by atoms with E-state index in [1.165, 1.54) is 0 Å². The molecule has 1 aromatic carbocycles. The van der Waals surface area contributed by atoms with Gasteiger partial charge < -0.3 is 20.5 Å². The highest BCUT2D eigenvalue weighted by Crippen LogP contribution is 2.45. The summed E-state index contributed by atoms with van der Waals surface area (Å²) in [6.45, 7) is 6.54. The number of fused-ring (bicyclic) bond motifs is 4. The molecule has 6 heterocycles. The van der Waals surface area contributed by atoms with Crippen molar-refractivity contribution < 1.29 is 18.6 Å². The van der Waals surface area contributed by atoms with Crippen molar-refractivity contribution in [3.8, 4) is 17.3 Å². The van der Waals surface area contributed by atoms with E-state index in [0.29, 0.717) is 29.5 Å². The van der Waals surface area contributed by atoms with Crippen molar-refractivity contribution in [3.63, 3.8) is 0 Å². The number of aromatic nitrogens is 3. The van der Waals surface area contributed by atoms with Gasteiger partial charge in [-0.05, 0) is 17.5 Å². The number of aliphatic hydroxyl groups excluding tert-OH is 1. The van der Waals surface area contributed by atoms with Crippen molar-refractivity contribution in [2.75, 3.05) is 63.1 Å². The topological polar surface area (TPSA) is 128 Å². The van der Waals surface area contributed by atoms with Gasteiger partial charge in [-0.1, -0.05) is 0 Å². The van der Waals surface area contributed by atoms with Gasteiger partial charge in [-0.3, -0.25) is 14.8 Å². The summed E-state index contributed by atoms with van der Waals surface area (Å²) in [5.74, 6) is -0.755. The molecule has 7 rings (SSSR count). The van der Waals surface area contributed by atoms with Crippen LogP contribution in [0.4, 0.5) is 19.7 Å². The predicted molar refractivity (Wildman–Crippen MR) is 151 cm³/mol. The number of thiophene rings is 1. The van der Waals surface area contributed by atoms with E-state index < -0.39 is 11.6 Å². The number of ether oxygens (including phenoxy) is 1. The van der Waals surface area contributed by atoms with Crippen molar-refractivity contribution in [1.82, 2.24) is 24.8 Å². The maximum Gasteiger partial charge on any atom is 0.226 e. The Kier molecular flexibility index (Phi) is 6.67. The van der Waals surface area contributed by atoms with Crippen LogP contribution in [0.3, 0.4) is 0 Å². The Labute approximate surface area is 238 Å². The largest absolute Gasteiger partial charge is 0.395 e. The zero-order valence-corrected chi connectivity index (χ0v) is 23.1. The molecule has 0 unspecified atom stereocenters. The third-order valence-electron chi connectivity index (χ3n) is 8.52. The summed E-state index contributed by atoms with van der Waals surface area (Å²) in [4.78, 5) is 20.5. The number of halogens is 2. The van der Waals surface area contributed by atoms with Crippen LogP contribution in [0.15, 0.2) is 12.4 Å². The van der Waals surface area contributed by atoms with Crippen LogP contribution in [0.5, 0.6) is 0 Å². The minimum atomic E-state index is -0.612. The minimum Gasteiger partial charge on any atom is -0.395 e. The van der Waals surface area contributed by atoms with Crippen LogP contribution in [-0.4, -0.2) is 88.3 Å². The average molecular weight is 579 g/mol. The van der Waals surface area contributed by atoms with Crippen molar-refractivity contribution >= 4 is 43.3 Å². The van der Waals surface area contributed by atoms with Gasteiger partial charge >= 0.3 is 0 Å². The summed E-state index contributed by atoms with van der Waals surface area (Å²) in [6, 6.07) is 2.39. The molecule has 3 aliphatic heterocycles. The van der Waals surface area contributed by atoms with Gasteiger partial charge in [0.15, 0.2) is 11.6 Å². The number of hydrogen-bond donors (Lipinski definition) is 2. The first kappa shape index (κ1) is 26.4. The molecular weight excluding hydrogens is 550 g/mol. The highest BCUT2D eigenvalue weighted by Gasteiger charge is 2.33. The van der Waals surface area contributed by atoms with Crippen LogP contribution >= 0.6 is 11.3 Å². The lowest BCUT2D eigenvalue weighted by molar-refractivity contribution is 0.0896. The molecule has 2 saturated heterocycles. The van der Waals surface area contributed by atoms with E-state index in [2.05, 4.69) is 24.7 Å². The number of anilines is 2. The molecule has 2 fully saturated rings. The predicted octanol–water partition coefficient (Wildman–Crippen LogP) is 2.86. The smallest absolute Gasteiger partial charge is 0.226 e. The Bertz CT molecular complexity index is 1720. The zero-order chi connectivity index (χ0) is 28.2. The van der Waals surface area contributed by atoms with Crippen LogP contribution in [0.1, 0.15) is 23.1 Å². The SMILES string of the molecule is N#Cc1c(N)sc2c(F)cnc(-c3c4c(c5cnc(N6CC[C@@H](N7CCN(CCO)CC7)C6)nc5c3F)COC4)c12. The molecule has 3 N–H and O–H groups in total. The lowest BCUT2D eigenvalue weighted by Crippen LogP contribution is -2.51. The van der Waals surface area contributed by atoms with Crippen LogP contribution < -0.4 is 10.6 Å². The van der Waals surface area contributed by atoms with Crippen LogP contribution in [0, 0.1) is 23.0 Å². The second-order valence-electron chi connectivity index (χ2n) is 10.7. The Morgan fingerprint density at radius 3 is 2.71 bits per heavy atom. The van der Waals surface area contributed by atoms with E-state index in [1.807, 2.05) is 6.07 Å². The first-order valence-electron chi connectivity index (χ1n) is 13.6. The Hall–Kier alpha value is -3.54. The van der Waals surface area contributed by atoms with Gasteiger partial charge in [-0.15, -0.1) is 11.3 Å². The highest BCUT2D eigenvalue weighted by molar-refractivity contribution is 7.23. The van der Waals surface area contributed by atoms with Gasteiger partial charge in [0, 0.05) is 74.4 Å². The van der Waals surface area contributed by atoms with Crippen LogP contribution in [0.25, 0.3) is 32.2 Å². The molecule has 0 aliphatic carbocycles. The number of hydrogen-bond acceptors (Lipinski definition) is 11. The lowest BCUT2D eigenvalue weighted by Gasteiger charge is -2.37. The summed E-state index contributed by atoms with van der Waals surface area (Å²) in [7, 11) is 0. The Morgan fingerprint density at radius 1 is 1.12 bits per heavy atom. The summed E-state index contributed by atoms with van der Waals surface area (Å²) >= 11 is 0.952. The minimum absolute atomic E-state index is 0.0860. The molecule has 0 spiro atoms. The number of rotatable bonds is 5. The lowest BCUT2D eigenvalue weighted by atomic mass is 9.94. The number of nitrogen functional groups attached to an aromatic ring is 1. The molecule has 3 aromatic heterocycles. The normalized spacial score (nSPS) is 19.9. The van der Waals surface area contributed by atoms with E-state index in [9.17, 15) is 14.8 Å². The van der Waals surface area contributed by atoms with Gasteiger partial charge in [0.1, 0.15) is 16.6 Å². The van der Waals surface area contributed by atoms with E-state index >= 15 is 4.39 Å². The Morgan fingerprint density at radius 2 is 1.93 bits per heavy atom. The molecule has 0 bridgehead atoms. The first-order chi connectivity index (χ1) is 20.0. The first-order valence-corrected chi connectivity index (χ1v) is 14.5. The molecular formula is C28H28F2N8O2S. The van der Waals surface area contributed by atoms with Crippen molar-refractivity contribution in [2.45, 2.75) is 25.7 Å². The van der Waals surface area contributed by atoms with Gasteiger partial charge in [-0.25, -0.2) is 18.7 Å². The molecule has 1 atom stereocenters. The van der Waals surface area contributed by atoms with E-state index in [1.54, 1.807) is 6.20 Å². The van der Waals surface area contributed by atoms with Crippen molar-refractivity contribution in [1.29, 1.82) is 5.26 Å². The number of nitrogens with two attached hydrogens (primary N) is 1. The summed E-state index contributed by atoms with van der Waals surface area (Å²) in [5, 5.41) is 19.9. The van der Waals surface area contributed by atoms with Crippen molar-refractivity contribution in [3.05, 3.63) is 40.7 Å². The second kappa shape index (κ2) is 10.4. The zero-order valence-electron chi connectivity index (χ0n) is 22.2. The van der Waals surface area contributed by atoms with Gasteiger partial charge in [0.25, 0.3) is 0 Å². The monoisotopic (exact) mass is 578 g/mol. The summed E-state index contributed by atoms with van der Waals surface area (Å²) < 4.78 is 37.2. The number of benzene rings is 1. The molecule has 41 heavy (non-hydrogen) atoms. The third kappa shape index (κ3) is 4.29. The highest BCUT2D eigenvalue weighted by atomic mass is 32.1. The number of piperazine rings is 1. The standard InChI is InChI=1S/C28H28F2N8O2S/c29-20-11-33-25(22-16(9-31)27(32)41-26(20)22)21-19-14-40-13-18(19)17-10-34-28(35-24(17)23(21)30)38-2-1-15(12-38)37-5-3-36(4-6-37)7-8-39/h10-11,15,39H,1-8,12-14,32H2/t15-/m1/s1.